The number of rotatable bonds is 8. The zero-order chi connectivity index (χ0) is 11.3. The number of nitrogens with one attached hydrogen (secondary N) is 1. The van der Waals surface area contributed by atoms with Crippen LogP contribution in [0.25, 0.3) is 0 Å². The van der Waals surface area contributed by atoms with Crippen LogP contribution in [0.2, 0.25) is 0 Å². The van der Waals surface area contributed by atoms with E-state index in [-0.39, 0.29) is 0 Å². The minimum Gasteiger partial charge on any atom is -0.215 e. The van der Waals surface area contributed by atoms with Crippen molar-refractivity contribution < 1.29 is 8.42 Å². The summed E-state index contributed by atoms with van der Waals surface area (Å²) >= 11 is 3.38. The van der Waals surface area contributed by atoms with Crippen molar-refractivity contribution in [1.29, 1.82) is 0 Å². The van der Waals surface area contributed by atoms with Gasteiger partial charge in [-0.25, -0.2) is 13.1 Å². The molecule has 0 amide bonds. The van der Waals surface area contributed by atoms with Crippen LogP contribution in [0, 0.1) is 11.8 Å². The summed E-state index contributed by atoms with van der Waals surface area (Å²) in [7, 11) is -3.01. The molecular formula is C10H20BrNO2S. The molecule has 1 atom stereocenters. The zero-order valence-corrected chi connectivity index (χ0v) is 11.6. The third-order valence-corrected chi connectivity index (χ3v) is 4.81. The van der Waals surface area contributed by atoms with Crippen LogP contribution in [0.5, 0.6) is 0 Å². The molecule has 0 aromatic heterocycles. The Morgan fingerprint density at radius 2 is 2.13 bits per heavy atom. The van der Waals surface area contributed by atoms with Crippen LogP contribution in [0.4, 0.5) is 0 Å². The fraction of sp³-hybridized carbons (Fsp3) is 1.00. The Hall–Kier alpha value is 0.390. The maximum atomic E-state index is 11.6. The second kappa shape index (κ2) is 6.21. The Bertz CT molecular complexity index is 275. The topological polar surface area (TPSA) is 46.2 Å². The Morgan fingerprint density at radius 1 is 1.47 bits per heavy atom. The lowest BCUT2D eigenvalue weighted by Crippen LogP contribution is -2.31. The van der Waals surface area contributed by atoms with Crippen LogP contribution >= 0.6 is 15.9 Å². The van der Waals surface area contributed by atoms with Crippen molar-refractivity contribution in [1.82, 2.24) is 4.72 Å². The molecule has 0 heterocycles. The highest BCUT2D eigenvalue weighted by Gasteiger charge is 2.27. The SMILES string of the molecule is CCC(CCBr)CNS(=O)(=O)CC1CC1. The number of alkyl halides is 1. The predicted molar refractivity (Wildman–Crippen MR) is 66.7 cm³/mol. The lowest BCUT2D eigenvalue weighted by Gasteiger charge is -2.14. The van der Waals surface area contributed by atoms with E-state index in [1.165, 1.54) is 0 Å². The van der Waals surface area contributed by atoms with Gasteiger partial charge in [0.25, 0.3) is 0 Å². The van der Waals surface area contributed by atoms with E-state index < -0.39 is 10.0 Å². The van der Waals surface area contributed by atoms with Gasteiger partial charge in [0.05, 0.1) is 5.75 Å². The van der Waals surface area contributed by atoms with Crippen molar-refractivity contribution in [3.8, 4) is 0 Å². The summed E-state index contributed by atoms with van der Waals surface area (Å²) in [6.45, 7) is 2.69. The minimum atomic E-state index is -3.01. The van der Waals surface area contributed by atoms with Crippen LogP contribution in [0.3, 0.4) is 0 Å². The van der Waals surface area contributed by atoms with E-state index >= 15 is 0 Å². The standard InChI is InChI=1S/C10H20BrNO2S/c1-2-9(5-6-11)7-12-15(13,14)8-10-3-4-10/h9-10,12H,2-8H2,1H3. The highest BCUT2D eigenvalue weighted by molar-refractivity contribution is 9.09. The van der Waals surface area contributed by atoms with Crippen molar-refractivity contribution in [2.45, 2.75) is 32.6 Å². The van der Waals surface area contributed by atoms with Gasteiger partial charge < -0.3 is 0 Å². The summed E-state index contributed by atoms with van der Waals surface area (Å²) in [6, 6.07) is 0. The molecule has 90 valence electrons. The van der Waals surface area contributed by atoms with Gasteiger partial charge in [0, 0.05) is 11.9 Å². The van der Waals surface area contributed by atoms with Crippen molar-refractivity contribution in [3.63, 3.8) is 0 Å². The van der Waals surface area contributed by atoms with Crippen LogP contribution in [-0.4, -0.2) is 26.0 Å². The van der Waals surface area contributed by atoms with Crippen LogP contribution < -0.4 is 4.72 Å². The monoisotopic (exact) mass is 297 g/mol. The fourth-order valence-corrected chi connectivity index (χ4v) is 3.71. The summed E-state index contributed by atoms with van der Waals surface area (Å²) in [5.41, 5.74) is 0. The number of hydrogen-bond acceptors (Lipinski definition) is 2. The van der Waals surface area contributed by atoms with Crippen LogP contribution in [-0.2, 0) is 10.0 Å². The predicted octanol–water partition coefficient (Wildman–Crippen LogP) is 2.13. The second-order valence-corrected chi connectivity index (χ2v) is 6.97. The van der Waals surface area contributed by atoms with Gasteiger partial charge in [-0.05, 0) is 31.1 Å². The summed E-state index contributed by atoms with van der Waals surface area (Å²) in [5, 5.41) is 0.940. The molecule has 0 bridgehead atoms. The van der Waals surface area contributed by atoms with Crippen molar-refractivity contribution >= 4 is 26.0 Å². The first-order valence-electron chi connectivity index (χ1n) is 5.60. The minimum absolute atomic E-state index is 0.331. The molecule has 1 N–H and O–H groups in total. The quantitative estimate of drug-likeness (QED) is 0.698. The van der Waals surface area contributed by atoms with E-state index in [1.54, 1.807) is 0 Å². The summed E-state index contributed by atoms with van der Waals surface area (Å²) in [5.74, 6) is 1.22. The molecule has 0 saturated heterocycles. The van der Waals surface area contributed by atoms with Crippen molar-refractivity contribution in [2.24, 2.45) is 11.8 Å². The highest BCUT2D eigenvalue weighted by atomic mass is 79.9. The van der Waals surface area contributed by atoms with Gasteiger partial charge in [-0.3, -0.25) is 0 Å². The molecule has 1 aliphatic rings. The smallest absolute Gasteiger partial charge is 0.211 e. The van der Waals surface area contributed by atoms with Gasteiger partial charge in [0.2, 0.25) is 10.0 Å². The zero-order valence-electron chi connectivity index (χ0n) is 9.21. The highest BCUT2D eigenvalue weighted by Crippen LogP contribution is 2.29. The first-order valence-corrected chi connectivity index (χ1v) is 8.38. The van der Waals surface area contributed by atoms with Crippen molar-refractivity contribution in [2.75, 3.05) is 17.6 Å². The maximum Gasteiger partial charge on any atom is 0.211 e. The summed E-state index contributed by atoms with van der Waals surface area (Å²) in [6.07, 6.45) is 4.22. The average molecular weight is 298 g/mol. The van der Waals surface area contributed by atoms with Gasteiger partial charge in [-0.15, -0.1) is 0 Å². The second-order valence-electron chi connectivity index (χ2n) is 4.33. The first kappa shape index (κ1) is 13.5. The fourth-order valence-electron chi connectivity index (χ4n) is 1.50. The molecule has 1 aliphatic carbocycles. The third-order valence-electron chi connectivity index (χ3n) is 2.84. The lowest BCUT2D eigenvalue weighted by molar-refractivity contribution is 0.482. The maximum absolute atomic E-state index is 11.6. The summed E-state index contributed by atoms with van der Waals surface area (Å²) in [4.78, 5) is 0. The van der Waals surface area contributed by atoms with Gasteiger partial charge in [0.1, 0.15) is 0 Å². The molecule has 5 heteroatoms. The number of hydrogen-bond donors (Lipinski definition) is 1. The molecule has 0 radical (unpaired) electrons. The van der Waals surface area contributed by atoms with E-state index in [0.29, 0.717) is 24.1 Å². The molecule has 1 saturated carbocycles. The first-order chi connectivity index (χ1) is 7.07. The van der Waals surface area contributed by atoms with Gasteiger partial charge in [-0.1, -0.05) is 29.3 Å². The van der Waals surface area contributed by atoms with E-state index in [2.05, 4.69) is 27.6 Å². The normalized spacial score (nSPS) is 19.1. The largest absolute Gasteiger partial charge is 0.215 e. The molecule has 0 aliphatic heterocycles. The molecule has 3 nitrogen and oxygen atoms in total. The lowest BCUT2D eigenvalue weighted by atomic mass is 10.0. The van der Waals surface area contributed by atoms with Gasteiger partial charge in [-0.2, -0.15) is 0 Å². The molecule has 0 aromatic carbocycles. The van der Waals surface area contributed by atoms with E-state index in [4.69, 9.17) is 0 Å². The van der Waals surface area contributed by atoms with Crippen molar-refractivity contribution in [3.05, 3.63) is 0 Å². The van der Waals surface area contributed by atoms with Gasteiger partial charge >= 0.3 is 0 Å². The molecular weight excluding hydrogens is 278 g/mol. The average Bonchev–Trinajstić information content (AvgIpc) is 2.95. The molecule has 1 rings (SSSR count). The Kier molecular flexibility index (Phi) is 5.57. The molecule has 0 spiro atoms. The molecule has 15 heavy (non-hydrogen) atoms. The van der Waals surface area contributed by atoms with E-state index in [9.17, 15) is 8.42 Å². The van der Waals surface area contributed by atoms with Crippen LogP contribution in [0.1, 0.15) is 32.6 Å². The van der Waals surface area contributed by atoms with Crippen LogP contribution in [0.15, 0.2) is 0 Å². The number of halogens is 1. The molecule has 0 aromatic rings. The number of sulfonamides is 1. The third kappa shape index (κ3) is 5.88. The molecule has 1 unspecified atom stereocenters. The van der Waals surface area contributed by atoms with Gasteiger partial charge in [0.15, 0.2) is 0 Å². The molecule has 1 fully saturated rings. The van der Waals surface area contributed by atoms with E-state index in [0.717, 1.165) is 31.0 Å². The Labute approximate surface area is 101 Å². The Morgan fingerprint density at radius 3 is 2.60 bits per heavy atom. The Balaban J connectivity index is 2.26. The van der Waals surface area contributed by atoms with E-state index in [1.807, 2.05) is 0 Å². The summed E-state index contributed by atoms with van der Waals surface area (Å²) < 4.78 is 25.9.